The predicted molar refractivity (Wildman–Crippen MR) is 106 cm³/mol. The summed E-state index contributed by atoms with van der Waals surface area (Å²) in [5.41, 5.74) is 9.75. The van der Waals surface area contributed by atoms with Gasteiger partial charge in [0.2, 0.25) is 0 Å². The number of carbonyl (C=O) groups is 2. The highest BCUT2D eigenvalue weighted by Crippen LogP contribution is 2.49. The van der Waals surface area contributed by atoms with E-state index in [1.54, 1.807) is 12.1 Å². The second kappa shape index (κ2) is 9.48. The van der Waals surface area contributed by atoms with E-state index in [0.29, 0.717) is 12.1 Å². The number of fused-ring (bicyclic) bond motifs is 1. The summed E-state index contributed by atoms with van der Waals surface area (Å²) in [5, 5.41) is 24.2. The zero-order valence-corrected chi connectivity index (χ0v) is 16.7. The lowest BCUT2D eigenvalue weighted by Crippen LogP contribution is -2.22. The summed E-state index contributed by atoms with van der Waals surface area (Å²) in [5.74, 6) is -3.91. The number of aliphatic carboxylic acids is 2. The van der Waals surface area contributed by atoms with Crippen molar-refractivity contribution < 1.29 is 28.9 Å². The van der Waals surface area contributed by atoms with Crippen molar-refractivity contribution in [3.63, 3.8) is 0 Å². The van der Waals surface area contributed by atoms with Gasteiger partial charge in [-0.25, -0.2) is 14.0 Å². The molecule has 1 aliphatic rings. The molecule has 1 unspecified atom stereocenters. The van der Waals surface area contributed by atoms with E-state index < -0.39 is 17.5 Å². The van der Waals surface area contributed by atoms with E-state index >= 15 is 0 Å². The van der Waals surface area contributed by atoms with Crippen LogP contribution in [0.25, 0.3) is 0 Å². The summed E-state index contributed by atoms with van der Waals surface area (Å²) >= 11 is 0. The quantitative estimate of drug-likeness (QED) is 0.655. The molecule has 30 heavy (non-hydrogen) atoms. The molecule has 0 saturated heterocycles. The molecule has 2 aromatic rings. The van der Waals surface area contributed by atoms with E-state index in [4.69, 9.17) is 30.3 Å². The maximum absolute atomic E-state index is 13.3. The zero-order chi connectivity index (χ0) is 22.5. The molecule has 158 valence electrons. The smallest absolute Gasteiger partial charge is 0.414 e. The number of carboxylic acids is 2. The normalized spacial score (nSPS) is 19.2. The van der Waals surface area contributed by atoms with Crippen molar-refractivity contribution >= 4 is 11.9 Å². The fraction of sp³-hybridized carbons (Fsp3) is 0.318. The van der Waals surface area contributed by atoms with Gasteiger partial charge < -0.3 is 20.7 Å². The Bertz CT molecular complexity index is 972. The molecular formula is C22H23FN2O5. The molecule has 7 nitrogen and oxygen atoms in total. The average molecular weight is 414 g/mol. The van der Waals surface area contributed by atoms with Gasteiger partial charge in [0, 0.05) is 0 Å². The van der Waals surface area contributed by atoms with Crippen molar-refractivity contribution in [3.8, 4) is 6.07 Å². The van der Waals surface area contributed by atoms with Gasteiger partial charge in [0.1, 0.15) is 11.4 Å². The van der Waals surface area contributed by atoms with Crippen LogP contribution in [0.5, 0.6) is 0 Å². The van der Waals surface area contributed by atoms with E-state index in [9.17, 15) is 9.65 Å². The molecule has 0 aliphatic carbocycles. The summed E-state index contributed by atoms with van der Waals surface area (Å²) in [7, 11) is 0. The van der Waals surface area contributed by atoms with Gasteiger partial charge in [-0.1, -0.05) is 18.2 Å². The Morgan fingerprint density at radius 2 is 1.80 bits per heavy atom. The number of nitrogens with two attached hydrogens (primary N) is 1. The Morgan fingerprint density at radius 1 is 1.20 bits per heavy atom. The molecule has 2 atom stereocenters. The standard InChI is InChI=1S/C20H21FN2O.C2H2O4/c1-13-19-17(4-3-11-22)14(12-23)5-10-18(19)20(2,24-13)15-6-8-16(21)9-7-15;3-1(4)2(5)6/h5-10,13H,3-4,11,22H2,1-2H3;(H,3,4)(H,5,6)/t13?,20-;/m0./s1. The number of carboxylic acid groups (broad SMARTS) is 2. The maximum atomic E-state index is 13.3. The van der Waals surface area contributed by atoms with Crippen LogP contribution in [-0.4, -0.2) is 28.7 Å². The van der Waals surface area contributed by atoms with Crippen molar-refractivity contribution in [1.29, 1.82) is 5.26 Å². The first-order chi connectivity index (χ1) is 14.2. The van der Waals surface area contributed by atoms with E-state index in [2.05, 4.69) is 6.07 Å². The molecule has 0 amide bonds. The molecular weight excluding hydrogens is 391 g/mol. The maximum Gasteiger partial charge on any atom is 0.414 e. The first kappa shape index (κ1) is 23.0. The number of nitriles is 1. The van der Waals surface area contributed by atoms with Gasteiger partial charge in [-0.2, -0.15) is 5.26 Å². The fourth-order valence-corrected chi connectivity index (χ4v) is 3.67. The first-order valence-corrected chi connectivity index (χ1v) is 9.32. The van der Waals surface area contributed by atoms with Crippen LogP contribution in [0.2, 0.25) is 0 Å². The number of nitrogens with zero attached hydrogens (tertiary/aromatic N) is 1. The molecule has 0 bridgehead atoms. The largest absolute Gasteiger partial charge is 0.473 e. The van der Waals surface area contributed by atoms with Crippen LogP contribution < -0.4 is 5.73 Å². The highest BCUT2D eigenvalue weighted by molar-refractivity contribution is 6.27. The molecule has 0 aromatic heterocycles. The van der Waals surface area contributed by atoms with Gasteiger partial charge in [0.25, 0.3) is 0 Å². The third-order valence-corrected chi connectivity index (χ3v) is 5.02. The number of halogens is 1. The van der Waals surface area contributed by atoms with Crippen molar-refractivity contribution in [2.45, 2.75) is 38.4 Å². The van der Waals surface area contributed by atoms with Crippen molar-refractivity contribution in [1.82, 2.24) is 0 Å². The van der Waals surface area contributed by atoms with Gasteiger partial charge in [-0.05, 0) is 73.7 Å². The number of benzene rings is 2. The Morgan fingerprint density at radius 3 is 2.30 bits per heavy atom. The van der Waals surface area contributed by atoms with Crippen LogP contribution >= 0.6 is 0 Å². The topological polar surface area (TPSA) is 134 Å². The minimum Gasteiger partial charge on any atom is -0.473 e. The Balaban J connectivity index is 0.000000469. The Kier molecular flexibility index (Phi) is 7.27. The molecule has 8 heteroatoms. The molecule has 3 rings (SSSR count). The Labute approximate surface area is 173 Å². The van der Waals surface area contributed by atoms with Crippen molar-refractivity contribution in [3.05, 3.63) is 70.0 Å². The second-order valence-electron chi connectivity index (χ2n) is 6.97. The first-order valence-electron chi connectivity index (χ1n) is 9.32. The minimum absolute atomic E-state index is 0.129. The summed E-state index contributed by atoms with van der Waals surface area (Å²) in [4.78, 5) is 18.2. The van der Waals surface area contributed by atoms with E-state index in [1.807, 2.05) is 26.0 Å². The second-order valence-corrected chi connectivity index (χ2v) is 6.97. The summed E-state index contributed by atoms with van der Waals surface area (Å²) in [6, 6.07) is 12.5. The third kappa shape index (κ3) is 4.64. The lowest BCUT2D eigenvalue weighted by atomic mass is 9.83. The van der Waals surface area contributed by atoms with Crippen LogP contribution in [0, 0.1) is 17.1 Å². The molecule has 0 fully saturated rings. The summed E-state index contributed by atoms with van der Waals surface area (Å²) in [6.45, 7) is 4.58. The molecule has 0 saturated carbocycles. The number of ether oxygens (including phenoxy) is 1. The zero-order valence-electron chi connectivity index (χ0n) is 16.7. The Hall–Kier alpha value is -3.28. The van der Waals surface area contributed by atoms with Crippen LogP contribution in [0.1, 0.15) is 54.2 Å². The molecule has 4 N–H and O–H groups in total. The monoisotopic (exact) mass is 414 g/mol. The number of hydrogen-bond donors (Lipinski definition) is 3. The fourth-order valence-electron chi connectivity index (χ4n) is 3.67. The highest BCUT2D eigenvalue weighted by atomic mass is 19.1. The molecule has 1 aliphatic heterocycles. The van der Waals surface area contributed by atoms with Crippen molar-refractivity contribution in [2.75, 3.05) is 6.54 Å². The van der Waals surface area contributed by atoms with E-state index in [1.165, 1.54) is 12.1 Å². The molecule has 0 spiro atoms. The van der Waals surface area contributed by atoms with Crippen molar-refractivity contribution in [2.24, 2.45) is 5.73 Å². The van der Waals surface area contributed by atoms with Crippen LogP contribution in [0.4, 0.5) is 4.39 Å². The van der Waals surface area contributed by atoms with Gasteiger partial charge in [0.05, 0.1) is 17.7 Å². The third-order valence-electron chi connectivity index (χ3n) is 5.02. The van der Waals surface area contributed by atoms with Gasteiger partial charge in [0.15, 0.2) is 0 Å². The van der Waals surface area contributed by atoms with Gasteiger partial charge >= 0.3 is 11.9 Å². The highest BCUT2D eigenvalue weighted by Gasteiger charge is 2.42. The van der Waals surface area contributed by atoms with Crippen LogP contribution in [-0.2, 0) is 26.3 Å². The molecule has 2 aromatic carbocycles. The minimum atomic E-state index is -1.82. The SMILES string of the molecule is CC1O[C@@](C)(c2ccc(F)cc2)c2ccc(C#N)c(CCCN)c21.O=C(O)C(=O)O. The lowest BCUT2D eigenvalue weighted by Gasteiger charge is -2.26. The average Bonchev–Trinajstić information content (AvgIpc) is 2.98. The molecule has 1 heterocycles. The van der Waals surface area contributed by atoms with Crippen LogP contribution in [0.3, 0.4) is 0 Å². The lowest BCUT2D eigenvalue weighted by molar-refractivity contribution is -0.159. The van der Waals surface area contributed by atoms with E-state index in [-0.39, 0.29) is 11.9 Å². The molecule has 0 radical (unpaired) electrons. The summed E-state index contributed by atoms with van der Waals surface area (Å²) < 4.78 is 19.6. The number of rotatable bonds is 4. The van der Waals surface area contributed by atoms with Crippen LogP contribution in [0.15, 0.2) is 36.4 Å². The van der Waals surface area contributed by atoms with Gasteiger partial charge in [-0.3, -0.25) is 0 Å². The predicted octanol–water partition coefficient (Wildman–Crippen LogP) is 3.10. The summed E-state index contributed by atoms with van der Waals surface area (Å²) in [6.07, 6.45) is 1.46. The van der Waals surface area contributed by atoms with Gasteiger partial charge in [-0.15, -0.1) is 0 Å². The number of hydrogen-bond acceptors (Lipinski definition) is 5. The van der Waals surface area contributed by atoms with E-state index in [0.717, 1.165) is 35.1 Å².